The van der Waals surface area contributed by atoms with Crippen LogP contribution in [0.4, 0.5) is 18.9 Å². The lowest BCUT2D eigenvalue weighted by molar-refractivity contribution is -0.137. The van der Waals surface area contributed by atoms with Crippen molar-refractivity contribution < 1.29 is 31.1 Å². The summed E-state index contributed by atoms with van der Waals surface area (Å²) in [7, 11) is -2.81. The average molecular weight is 424 g/mol. The lowest BCUT2D eigenvalue weighted by Gasteiger charge is -2.16. The Bertz CT molecular complexity index is 917. The zero-order valence-electron chi connectivity index (χ0n) is 14.4. The second kappa shape index (κ2) is 8.37. The van der Waals surface area contributed by atoms with E-state index in [0.29, 0.717) is 6.07 Å². The highest BCUT2D eigenvalue weighted by Crippen LogP contribution is 2.36. The first-order valence-electron chi connectivity index (χ1n) is 7.66. The number of hydrogen-bond acceptors (Lipinski definition) is 4. The summed E-state index contributed by atoms with van der Waals surface area (Å²) in [6, 6.07) is 6.77. The van der Waals surface area contributed by atoms with Gasteiger partial charge in [-0.15, -0.1) is 0 Å². The summed E-state index contributed by atoms with van der Waals surface area (Å²) in [5.41, 5.74) is -0.631. The maximum atomic E-state index is 13.0. The summed E-state index contributed by atoms with van der Waals surface area (Å²) in [5.74, 6) is -0.0631. The van der Waals surface area contributed by atoms with Gasteiger partial charge in [-0.25, -0.2) is 8.42 Å². The summed E-state index contributed by atoms with van der Waals surface area (Å²) in [4.78, 5) is -0.255. The molecule has 0 fully saturated rings. The summed E-state index contributed by atoms with van der Waals surface area (Å²) in [5, 5.41) is -0.0451. The van der Waals surface area contributed by atoms with Crippen molar-refractivity contribution in [3.8, 4) is 5.75 Å². The molecule has 0 aromatic heterocycles. The van der Waals surface area contributed by atoms with E-state index in [1.54, 1.807) is 6.92 Å². The molecule has 0 unspecified atom stereocenters. The van der Waals surface area contributed by atoms with Crippen molar-refractivity contribution in [2.45, 2.75) is 18.0 Å². The maximum absolute atomic E-state index is 13.0. The van der Waals surface area contributed by atoms with Crippen LogP contribution in [0.3, 0.4) is 0 Å². The molecule has 0 aliphatic rings. The minimum absolute atomic E-state index is 0.0296. The van der Waals surface area contributed by atoms with Gasteiger partial charge >= 0.3 is 6.18 Å². The minimum atomic E-state index is -4.65. The van der Waals surface area contributed by atoms with Crippen molar-refractivity contribution in [1.29, 1.82) is 0 Å². The van der Waals surface area contributed by atoms with Crippen LogP contribution in [0.2, 0.25) is 5.02 Å². The molecule has 0 radical (unpaired) electrons. The number of ether oxygens (including phenoxy) is 2. The molecule has 10 heteroatoms. The summed E-state index contributed by atoms with van der Waals surface area (Å²) in [6.07, 6.45) is -4.65. The third-order valence-electron chi connectivity index (χ3n) is 3.47. The van der Waals surface area contributed by atoms with Crippen LogP contribution in [0, 0.1) is 6.92 Å². The Balaban J connectivity index is 2.44. The van der Waals surface area contributed by atoms with Crippen molar-refractivity contribution in [3.63, 3.8) is 0 Å². The van der Waals surface area contributed by atoms with Gasteiger partial charge in [0.15, 0.2) is 0 Å². The van der Waals surface area contributed by atoms with Crippen molar-refractivity contribution in [2.24, 2.45) is 0 Å². The summed E-state index contributed by atoms with van der Waals surface area (Å²) in [6.45, 7) is 1.93. The van der Waals surface area contributed by atoms with Crippen LogP contribution in [0.15, 0.2) is 41.3 Å². The molecule has 5 nitrogen and oxygen atoms in total. The van der Waals surface area contributed by atoms with Gasteiger partial charge in [0.1, 0.15) is 17.3 Å². The Kier molecular flexibility index (Phi) is 6.61. The van der Waals surface area contributed by atoms with Crippen LogP contribution >= 0.6 is 11.6 Å². The quantitative estimate of drug-likeness (QED) is 0.666. The molecule has 0 saturated heterocycles. The number of rotatable bonds is 7. The fraction of sp³-hybridized carbons (Fsp3) is 0.294. The van der Waals surface area contributed by atoms with Gasteiger partial charge in [-0.05, 0) is 42.8 Å². The predicted octanol–water partition coefficient (Wildman–Crippen LogP) is 4.49. The molecule has 1 N–H and O–H groups in total. The molecule has 0 atom stereocenters. The zero-order valence-corrected chi connectivity index (χ0v) is 16.0. The van der Waals surface area contributed by atoms with Crippen molar-refractivity contribution in [2.75, 3.05) is 25.0 Å². The summed E-state index contributed by atoms with van der Waals surface area (Å²) < 4.78 is 76.5. The van der Waals surface area contributed by atoms with Crippen molar-refractivity contribution >= 4 is 27.3 Å². The van der Waals surface area contributed by atoms with E-state index in [2.05, 4.69) is 4.72 Å². The Labute approximate surface area is 160 Å². The van der Waals surface area contributed by atoms with Gasteiger partial charge < -0.3 is 9.47 Å². The number of anilines is 1. The van der Waals surface area contributed by atoms with E-state index in [0.717, 1.165) is 17.7 Å². The molecule has 27 heavy (non-hydrogen) atoms. The molecule has 0 saturated carbocycles. The standard InChI is InChI=1S/C17H17ClF3NO4S/c1-11-3-6-16(13(18)9-11)27(23,24)22-14-10-12(17(19,20)21)4-5-15(14)26-8-7-25-2/h3-6,9-10,22H,7-8H2,1-2H3. The molecule has 0 heterocycles. The van der Waals surface area contributed by atoms with Gasteiger partial charge in [-0.1, -0.05) is 17.7 Å². The first kappa shape index (κ1) is 21.3. The number of aryl methyl sites for hydroxylation is 1. The fourth-order valence-electron chi connectivity index (χ4n) is 2.17. The van der Waals surface area contributed by atoms with Crippen LogP contribution in [0.25, 0.3) is 0 Å². The van der Waals surface area contributed by atoms with Gasteiger partial charge in [0, 0.05) is 7.11 Å². The highest BCUT2D eigenvalue weighted by Gasteiger charge is 2.32. The number of alkyl halides is 3. The highest BCUT2D eigenvalue weighted by atomic mass is 35.5. The van der Waals surface area contributed by atoms with Crippen LogP contribution in [-0.4, -0.2) is 28.7 Å². The molecular weight excluding hydrogens is 407 g/mol. The van der Waals surface area contributed by atoms with Crippen LogP contribution in [0.1, 0.15) is 11.1 Å². The highest BCUT2D eigenvalue weighted by molar-refractivity contribution is 7.92. The second-order valence-corrected chi connectivity index (χ2v) is 7.65. The monoisotopic (exact) mass is 423 g/mol. The third-order valence-corrected chi connectivity index (χ3v) is 5.32. The van der Waals surface area contributed by atoms with E-state index in [4.69, 9.17) is 21.1 Å². The lowest BCUT2D eigenvalue weighted by Crippen LogP contribution is -2.16. The molecule has 0 spiro atoms. The zero-order chi connectivity index (χ0) is 20.2. The Morgan fingerprint density at radius 1 is 1.11 bits per heavy atom. The largest absolute Gasteiger partial charge is 0.489 e. The van der Waals surface area contributed by atoms with E-state index in [-0.39, 0.29) is 34.6 Å². The van der Waals surface area contributed by atoms with Gasteiger partial charge in [-0.3, -0.25) is 4.72 Å². The van der Waals surface area contributed by atoms with Crippen LogP contribution < -0.4 is 9.46 Å². The fourth-order valence-corrected chi connectivity index (χ4v) is 3.83. The topological polar surface area (TPSA) is 64.6 Å². The minimum Gasteiger partial charge on any atom is -0.489 e. The Morgan fingerprint density at radius 3 is 2.41 bits per heavy atom. The van der Waals surface area contributed by atoms with Gasteiger partial charge in [0.25, 0.3) is 10.0 Å². The SMILES string of the molecule is COCCOc1ccc(C(F)(F)F)cc1NS(=O)(=O)c1ccc(C)cc1Cl. The molecular formula is C17H17ClF3NO4S. The normalized spacial score (nSPS) is 12.1. The molecule has 0 amide bonds. The Hall–Kier alpha value is -1.97. The Morgan fingerprint density at radius 2 is 1.81 bits per heavy atom. The van der Waals surface area contributed by atoms with Gasteiger partial charge in [0.05, 0.1) is 22.9 Å². The molecule has 0 bridgehead atoms. The molecule has 2 aromatic carbocycles. The number of halogens is 4. The number of nitrogens with one attached hydrogen (secondary N) is 1. The lowest BCUT2D eigenvalue weighted by atomic mass is 10.2. The second-order valence-electron chi connectivity index (χ2n) is 5.59. The van der Waals surface area contributed by atoms with Crippen LogP contribution in [0.5, 0.6) is 5.75 Å². The number of sulfonamides is 1. The molecule has 148 valence electrons. The molecule has 2 aromatic rings. The molecule has 0 aliphatic heterocycles. The third kappa shape index (κ3) is 5.50. The van der Waals surface area contributed by atoms with E-state index in [1.165, 1.54) is 25.3 Å². The number of benzene rings is 2. The van der Waals surface area contributed by atoms with Crippen molar-refractivity contribution in [3.05, 3.63) is 52.5 Å². The van der Waals surface area contributed by atoms with Gasteiger partial charge in [0.2, 0.25) is 0 Å². The van der Waals surface area contributed by atoms with Gasteiger partial charge in [-0.2, -0.15) is 13.2 Å². The summed E-state index contributed by atoms with van der Waals surface area (Å²) >= 11 is 5.98. The van der Waals surface area contributed by atoms with E-state index >= 15 is 0 Å². The smallest absolute Gasteiger partial charge is 0.416 e. The first-order chi connectivity index (χ1) is 12.5. The molecule has 2 rings (SSSR count). The van der Waals surface area contributed by atoms with E-state index < -0.39 is 21.8 Å². The number of methoxy groups -OCH3 is 1. The van der Waals surface area contributed by atoms with E-state index in [1.807, 2.05) is 0 Å². The predicted molar refractivity (Wildman–Crippen MR) is 95.8 cm³/mol. The van der Waals surface area contributed by atoms with Crippen molar-refractivity contribution in [1.82, 2.24) is 0 Å². The molecule has 0 aliphatic carbocycles. The first-order valence-corrected chi connectivity index (χ1v) is 9.52. The number of hydrogen-bond donors (Lipinski definition) is 1. The van der Waals surface area contributed by atoms with Crippen LogP contribution in [-0.2, 0) is 20.9 Å². The maximum Gasteiger partial charge on any atom is 0.416 e. The van der Waals surface area contributed by atoms with E-state index in [9.17, 15) is 21.6 Å². The average Bonchev–Trinajstić information content (AvgIpc) is 2.54.